The van der Waals surface area contributed by atoms with Crippen molar-refractivity contribution in [1.29, 1.82) is 0 Å². The molecule has 8 nitrogen and oxygen atoms in total. The Balaban J connectivity index is 1.55. The Morgan fingerprint density at radius 2 is 1.83 bits per heavy atom. The molecule has 1 unspecified atom stereocenters. The van der Waals surface area contributed by atoms with E-state index >= 15 is 0 Å². The fourth-order valence-electron chi connectivity index (χ4n) is 3.78. The lowest BCUT2D eigenvalue weighted by molar-refractivity contribution is -0.121. The largest absolute Gasteiger partial charge is 0.422 e. The molecule has 0 aliphatic carbocycles. The topological polar surface area (TPSA) is 101 Å². The summed E-state index contributed by atoms with van der Waals surface area (Å²) in [6.45, 7) is 1.65. The number of fused-ring (bicyclic) bond motifs is 1. The van der Waals surface area contributed by atoms with Gasteiger partial charge in [0.15, 0.2) is 5.58 Å². The van der Waals surface area contributed by atoms with Crippen LogP contribution in [-0.2, 0) is 9.59 Å². The molecule has 0 spiro atoms. The van der Waals surface area contributed by atoms with Gasteiger partial charge < -0.3 is 4.42 Å². The Labute approximate surface area is 168 Å². The Bertz CT molecular complexity index is 1330. The minimum absolute atomic E-state index is 0.0442. The minimum Gasteiger partial charge on any atom is -0.422 e. The number of anilines is 1. The first-order valence-electron chi connectivity index (χ1n) is 9.24. The van der Waals surface area contributed by atoms with Crippen LogP contribution in [0.3, 0.4) is 0 Å². The van der Waals surface area contributed by atoms with Crippen molar-refractivity contribution in [1.82, 2.24) is 14.8 Å². The summed E-state index contributed by atoms with van der Waals surface area (Å²) in [6.07, 6.45) is -0.155. The van der Waals surface area contributed by atoms with Gasteiger partial charge in [0, 0.05) is 12.1 Å². The predicted molar refractivity (Wildman–Crippen MR) is 105 cm³/mol. The average molecular weight is 406 g/mol. The number of para-hydroxylation sites is 2. The summed E-state index contributed by atoms with van der Waals surface area (Å²) in [5.74, 6) is -2.41. The normalized spacial score (nSPS) is 16.7. The van der Waals surface area contributed by atoms with Gasteiger partial charge in [0.05, 0.1) is 17.2 Å². The second-order valence-electron chi connectivity index (χ2n) is 7.06. The summed E-state index contributed by atoms with van der Waals surface area (Å²) in [5, 5.41) is 2.88. The molecule has 1 aliphatic heterocycles. The Morgan fingerprint density at radius 1 is 1.10 bits per heavy atom. The lowest BCUT2D eigenvalue weighted by Gasteiger charge is -2.14. The molecular weight excluding hydrogens is 391 g/mol. The summed E-state index contributed by atoms with van der Waals surface area (Å²) < 4.78 is 20.0. The molecule has 30 heavy (non-hydrogen) atoms. The highest BCUT2D eigenvalue weighted by molar-refractivity contribution is 6.22. The van der Waals surface area contributed by atoms with Gasteiger partial charge in [0.1, 0.15) is 11.3 Å². The molecular formula is C21H15FN4O4. The lowest BCUT2D eigenvalue weighted by atomic mass is 9.98. The van der Waals surface area contributed by atoms with Gasteiger partial charge in [-0.25, -0.2) is 9.29 Å². The predicted octanol–water partition coefficient (Wildman–Crippen LogP) is 2.80. The van der Waals surface area contributed by atoms with Gasteiger partial charge >= 0.3 is 6.01 Å². The number of benzene rings is 2. The fraction of sp³-hybridized carbons (Fsp3) is 0.143. The minimum atomic E-state index is -0.947. The van der Waals surface area contributed by atoms with E-state index in [1.54, 1.807) is 31.2 Å². The van der Waals surface area contributed by atoms with Crippen LogP contribution in [0.5, 0.6) is 0 Å². The SMILES string of the molecule is Cc1[nH]n(-c2nc3ccccc3o2)c(=O)c1C1CC(=O)N(c2ccc(F)cc2)C1=O. The first-order valence-corrected chi connectivity index (χ1v) is 9.24. The van der Waals surface area contributed by atoms with Gasteiger partial charge in [0.2, 0.25) is 11.8 Å². The number of nitrogens with one attached hydrogen (secondary N) is 1. The summed E-state index contributed by atoms with van der Waals surface area (Å²) in [7, 11) is 0. The van der Waals surface area contributed by atoms with E-state index in [2.05, 4.69) is 10.1 Å². The molecule has 1 atom stereocenters. The van der Waals surface area contributed by atoms with E-state index in [4.69, 9.17) is 4.42 Å². The van der Waals surface area contributed by atoms with Gasteiger partial charge in [-0.15, -0.1) is 0 Å². The molecule has 1 saturated heterocycles. The number of carbonyl (C=O) groups excluding carboxylic acids is 2. The van der Waals surface area contributed by atoms with E-state index in [0.29, 0.717) is 16.8 Å². The molecule has 150 valence electrons. The summed E-state index contributed by atoms with van der Waals surface area (Å²) in [5.41, 5.74) is 1.48. The van der Waals surface area contributed by atoms with Crippen LogP contribution in [0.2, 0.25) is 0 Å². The van der Waals surface area contributed by atoms with Crippen molar-refractivity contribution in [3.05, 3.63) is 76.0 Å². The van der Waals surface area contributed by atoms with E-state index in [0.717, 1.165) is 9.58 Å². The zero-order chi connectivity index (χ0) is 21.0. The number of nitrogens with zero attached hydrogens (tertiary/aromatic N) is 3. The summed E-state index contributed by atoms with van der Waals surface area (Å²) in [6, 6.07) is 12.2. The molecule has 0 radical (unpaired) electrons. The number of aryl methyl sites for hydroxylation is 1. The van der Waals surface area contributed by atoms with Crippen molar-refractivity contribution in [3.8, 4) is 6.01 Å². The number of hydrogen-bond acceptors (Lipinski definition) is 5. The smallest absolute Gasteiger partial charge is 0.325 e. The van der Waals surface area contributed by atoms with Crippen molar-refractivity contribution < 1.29 is 18.4 Å². The molecule has 9 heteroatoms. The standard InChI is InChI=1S/C21H15FN4O4/c1-11-18(14-10-17(27)25(19(14)28)13-8-6-12(22)7-9-13)20(29)26(24-11)21-23-15-4-2-3-5-16(15)30-21/h2-9,14,24H,10H2,1H3. The van der Waals surface area contributed by atoms with Gasteiger partial charge in [-0.3, -0.25) is 19.5 Å². The zero-order valence-electron chi connectivity index (χ0n) is 15.8. The maximum Gasteiger partial charge on any atom is 0.325 e. The van der Waals surface area contributed by atoms with Crippen molar-refractivity contribution in [2.24, 2.45) is 0 Å². The highest BCUT2D eigenvalue weighted by atomic mass is 19.1. The monoisotopic (exact) mass is 406 g/mol. The van der Waals surface area contributed by atoms with E-state index in [1.165, 1.54) is 24.3 Å². The van der Waals surface area contributed by atoms with E-state index in [-0.39, 0.29) is 23.7 Å². The first kappa shape index (κ1) is 18.0. The van der Waals surface area contributed by atoms with Crippen LogP contribution in [-0.4, -0.2) is 26.6 Å². The number of aromatic amines is 1. The Morgan fingerprint density at radius 3 is 2.57 bits per heavy atom. The van der Waals surface area contributed by atoms with Crippen LogP contribution >= 0.6 is 0 Å². The highest BCUT2D eigenvalue weighted by Crippen LogP contribution is 2.33. The number of amides is 2. The van der Waals surface area contributed by atoms with Crippen LogP contribution < -0.4 is 10.5 Å². The van der Waals surface area contributed by atoms with Crippen LogP contribution in [0.1, 0.15) is 23.6 Å². The second kappa shape index (κ2) is 6.51. The van der Waals surface area contributed by atoms with Gasteiger partial charge in [0.25, 0.3) is 5.56 Å². The van der Waals surface area contributed by atoms with Crippen LogP contribution in [0.25, 0.3) is 17.1 Å². The maximum atomic E-state index is 13.2. The number of H-pyrrole nitrogens is 1. The zero-order valence-corrected chi connectivity index (χ0v) is 15.8. The molecule has 0 bridgehead atoms. The van der Waals surface area contributed by atoms with Crippen LogP contribution in [0.4, 0.5) is 10.1 Å². The van der Waals surface area contributed by atoms with Crippen LogP contribution in [0.15, 0.2) is 57.7 Å². The molecule has 1 N–H and O–H groups in total. The number of carbonyl (C=O) groups is 2. The van der Waals surface area contributed by atoms with Crippen molar-refractivity contribution >= 4 is 28.6 Å². The van der Waals surface area contributed by atoms with E-state index in [1.807, 2.05) is 0 Å². The third-order valence-corrected chi connectivity index (χ3v) is 5.17. The van der Waals surface area contributed by atoms with Crippen molar-refractivity contribution in [2.45, 2.75) is 19.3 Å². The highest BCUT2D eigenvalue weighted by Gasteiger charge is 2.43. The Kier molecular flexibility index (Phi) is 3.92. The maximum absolute atomic E-state index is 13.2. The van der Waals surface area contributed by atoms with Gasteiger partial charge in [-0.1, -0.05) is 12.1 Å². The molecule has 2 aromatic carbocycles. The molecule has 1 aliphatic rings. The number of imide groups is 1. The third kappa shape index (κ3) is 2.66. The Hall–Kier alpha value is -4.01. The van der Waals surface area contributed by atoms with E-state index < -0.39 is 29.1 Å². The van der Waals surface area contributed by atoms with Gasteiger partial charge in [-0.05, 0) is 43.3 Å². The fourth-order valence-corrected chi connectivity index (χ4v) is 3.78. The lowest BCUT2D eigenvalue weighted by Crippen LogP contribution is -2.31. The number of rotatable bonds is 3. The number of oxazole rings is 1. The molecule has 4 aromatic rings. The van der Waals surface area contributed by atoms with Crippen molar-refractivity contribution in [3.63, 3.8) is 0 Å². The first-order chi connectivity index (χ1) is 14.4. The molecule has 5 rings (SSSR count). The molecule has 1 fully saturated rings. The number of halogens is 1. The van der Waals surface area contributed by atoms with Crippen LogP contribution in [0, 0.1) is 12.7 Å². The summed E-state index contributed by atoms with van der Waals surface area (Å²) >= 11 is 0. The molecule has 2 aromatic heterocycles. The average Bonchev–Trinajstić information content (AvgIpc) is 3.36. The third-order valence-electron chi connectivity index (χ3n) is 5.17. The molecule has 3 heterocycles. The van der Waals surface area contributed by atoms with E-state index in [9.17, 15) is 18.8 Å². The van der Waals surface area contributed by atoms with Crippen molar-refractivity contribution in [2.75, 3.05) is 4.90 Å². The number of aromatic nitrogens is 3. The molecule has 0 saturated carbocycles. The quantitative estimate of drug-likeness (QED) is 0.527. The van der Waals surface area contributed by atoms with Gasteiger partial charge in [-0.2, -0.15) is 9.67 Å². The summed E-state index contributed by atoms with van der Waals surface area (Å²) in [4.78, 5) is 43.9. The second-order valence-corrected chi connectivity index (χ2v) is 7.06. The number of hydrogen-bond donors (Lipinski definition) is 1. The molecule has 2 amide bonds.